The minimum absolute atomic E-state index is 0.178. The summed E-state index contributed by atoms with van der Waals surface area (Å²) in [4.78, 5) is 9.92. The molecule has 0 aliphatic carbocycles. The number of rotatable bonds is 6. The molecule has 0 spiro atoms. The summed E-state index contributed by atoms with van der Waals surface area (Å²) in [6.45, 7) is 11.0. The predicted molar refractivity (Wildman–Crippen MR) is 151 cm³/mol. The Kier molecular flexibility index (Phi) is 7.15. The predicted octanol–water partition coefficient (Wildman–Crippen LogP) is 5.28. The van der Waals surface area contributed by atoms with E-state index in [9.17, 15) is 8.42 Å². The van der Waals surface area contributed by atoms with Crippen LogP contribution in [-0.4, -0.2) is 66.2 Å². The first-order valence-corrected chi connectivity index (χ1v) is 14.9. The molecular weight excluding hydrogens is 499 g/mol. The average molecular weight is 535 g/mol. The van der Waals surface area contributed by atoms with E-state index >= 15 is 4.39 Å². The van der Waals surface area contributed by atoms with Gasteiger partial charge in [0.2, 0.25) is 0 Å². The number of fused-ring (bicyclic) bond motifs is 1. The minimum Gasteiger partial charge on any atom is -0.327 e. The summed E-state index contributed by atoms with van der Waals surface area (Å²) in [6.07, 6.45) is 1.20. The normalized spacial score (nSPS) is 15.6. The number of aryl methyl sites for hydroxylation is 2. The Hall–Kier alpha value is -3.07. The summed E-state index contributed by atoms with van der Waals surface area (Å²) in [5.41, 5.74) is 6.14. The highest BCUT2D eigenvalue weighted by molar-refractivity contribution is 7.90. The van der Waals surface area contributed by atoms with Gasteiger partial charge in [-0.3, -0.25) is 9.80 Å². The van der Waals surface area contributed by atoms with Gasteiger partial charge in [-0.15, -0.1) is 0 Å². The fourth-order valence-electron chi connectivity index (χ4n) is 5.27. The van der Waals surface area contributed by atoms with E-state index in [1.54, 1.807) is 30.3 Å². The summed E-state index contributed by atoms with van der Waals surface area (Å²) < 4.78 is 40.9. The van der Waals surface area contributed by atoms with Crippen molar-refractivity contribution in [3.8, 4) is 22.5 Å². The summed E-state index contributed by atoms with van der Waals surface area (Å²) >= 11 is 0. The van der Waals surface area contributed by atoms with E-state index in [4.69, 9.17) is 4.98 Å². The number of halogens is 1. The molecule has 8 heteroatoms. The van der Waals surface area contributed by atoms with E-state index in [2.05, 4.69) is 23.6 Å². The molecule has 1 saturated heterocycles. The van der Waals surface area contributed by atoms with Crippen molar-refractivity contribution in [3.63, 3.8) is 0 Å². The first-order chi connectivity index (χ1) is 18.0. The van der Waals surface area contributed by atoms with Crippen molar-refractivity contribution in [3.05, 3.63) is 71.5 Å². The topological polar surface area (TPSA) is 58.4 Å². The average Bonchev–Trinajstić information content (AvgIpc) is 3.22. The second-order valence-corrected chi connectivity index (χ2v) is 12.7. The Morgan fingerprint density at radius 3 is 2.18 bits per heavy atom. The molecule has 3 aromatic carbocycles. The lowest BCUT2D eigenvalue weighted by molar-refractivity contribution is 0.103. The number of piperazine rings is 1. The van der Waals surface area contributed by atoms with Gasteiger partial charge in [0.25, 0.3) is 0 Å². The van der Waals surface area contributed by atoms with Gasteiger partial charge < -0.3 is 4.57 Å². The van der Waals surface area contributed by atoms with Crippen LogP contribution in [0.25, 0.3) is 33.5 Å². The summed E-state index contributed by atoms with van der Waals surface area (Å²) in [5.74, 6) is 0.572. The third-order valence-electron chi connectivity index (χ3n) is 7.64. The molecule has 4 aromatic rings. The summed E-state index contributed by atoms with van der Waals surface area (Å²) in [5, 5.41) is 0. The third-order valence-corrected chi connectivity index (χ3v) is 8.76. The van der Waals surface area contributed by atoms with Crippen molar-refractivity contribution in [2.24, 2.45) is 7.05 Å². The van der Waals surface area contributed by atoms with Gasteiger partial charge in [0.15, 0.2) is 9.84 Å². The minimum atomic E-state index is -3.26. The molecule has 200 valence electrons. The van der Waals surface area contributed by atoms with Gasteiger partial charge in [0.05, 0.1) is 15.9 Å². The second kappa shape index (κ2) is 10.2. The van der Waals surface area contributed by atoms with Gasteiger partial charge in [-0.05, 0) is 79.9 Å². The van der Waals surface area contributed by atoms with Crippen molar-refractivity contribution >= 4 is 20.9 Å². The number of hydrogen-bond donors (Lipinski definition) is 0. The number of imidazole rings is 1. The van der Waals surface area contributed by atoms with Crippen LogP contribution in [0.4, 0.5) is 4.39 Å². The monoisotopic (exact) mass is 534 g/mol. The van der Waals surface area contributed by atoms with Gasteiger partial charge in [-0.1, -0.05) is 12.1 Å². The number of hydrogen-bond acceptors (Lipinski definition) is 5. The second-order valence-electron chi connectivity index (χ2n) is 10.7. The molecule has 1 aliphatic rings. The largest absolute Gasteiger partial charge is 0.327 e. The molecule has 0 bridgehead atoms. The maximum Gasteiger partial charge on any atom is 0.175 e. The molecule has 0 saturated carbocycles. The van der Waals surface area contributed by atoms with Crippen molar-refractivity contribution in [1.29, 1.82) is 0 Å². The number of sulfone groups is 1. The van der Waals surface area contributed by atoms with Gasteiger partial charge in [-0.25, -0.2) is 17.8 Å². The van der Waals surface area contributed by atoms with Crippen LogP contribution in [0.1, 0.15) is 25.0 Å². The summed E-state index contributed by atoms with van der Waals surface area (Å²) in [6, 6.07) is 17.0. The van der Waals surface area contributed by atoms with Crippen LogP contribution in [-0.2, 0) is 23.4 Å². The lowest BCUT2D eigenvalue weighted by atomic mass is 10.0. The first-order valence-electron chi connectivity index (χ1n) is 13.0. The Labute approximate surface area is 224 Å². The molecule has 1 fully saturated rings. The first kappa shape index (κ1) is 26.5. The van der Waals surface area contributed by atoms with E-state index in [0.717, 1.165) is 70.9 Å². The zero-order valence-corrected chi connectivity index (χ0v) is 23.5. The van der Waals surface area contributed by atoms with Crippen LogP contribution in [0.3, 0.4) is 0 Å². The van der Waals surface area contributed by atoms with Crippen LogP contribution >= 0.6 is 0 Å². The lowest BCUT2D eigenvalue weighted by Gasteiger charge is -2.37. The van der Waals surface area contributed by atoms with Gasteiger partial charge in [-0.2, -0.15) is 0 Å². The lowest BCUT2D eigenvalue weighted by Crippen LogP contribution is -2.48. The molecule has 1 aromatic heterocycles. The standard InChI is InChI=1S/C30H35FN4O2S/c1-20(2)35-14-12-34(13-15-35)19-24-7-6-23(17-27(24)31)25-16-21(3)29-28(18-25)33(4)30(32-29)22-8-10-26(11-9-22)38(5,36)37/h6-11,16-18,20H,12-15,19H2,1-5H3. The highest BCUT2D eigenvalue weighted by atomic mass is 32.2. The molecule has 6 nitrogen and oxygen atoms in total. The van der Waals surface area contributed by atoms with Crippen molar-refractivity contribution < 1.29 is 12.8 Å². The van der Waals surface area contributed by atoms with Crippen LogP contribution in [0, 0.1) is 12.7 Å². The molecule has 0 N–H and O–H groups in total. The van der Waals surface area contributed by atoms with Crippen LogP contribution in [0.5, 0.6) is 0 Å². The van der Waals surface area contributed by atoms with Gasteiger partial charge >= 0.3 is 0 Å². The fourth-order valence-corrected chi connectivity index (χ4v) is 5.90. The molecule has 0 amide bonds. The highest BCUT2D eigenvalue weighted by Gasteiger charge is 2.20. The molecule has 38 heavy (non-hydrogen) atoms. The Morgan fingerprint density at radius 1 is 0.921 bits per heavy atom. The number of benzene rings is 3. The van der Waals surface area contributed by atoms with Crippen molar-refractivity contribution in [2.75, 3.05) is 32.4 Å². The van der Waals surface area contributed by atoms with E-state index in [-0.39, 0.29) is 10.7 Å². The molecule has 0 unspecified atom stereocenters. The van der Waals surface area contributed by atoms with Gasteiger partial charge in [0.1, 0.15) is 11.6 Å². The highest BCUT2D eigenvalue weighted by Crippen LogP contribution is 2.32. The SMILES string of the molecule is Cc1cc(-c2ccc(CN3CCN(C(C)C)CC3)c(F)c2)cc2c1nc(-c1ccc(S(C)(=O)=O)cc1)n2C. The van der Waals surface area contributed by atoms with E-state index in [1.165, 1.54) is 6.26 Å². The van der Waals surface area contributed by atoms with Crippen LogP contribution in [0.2, 0.25) is 0 Å². The van der Waals surface area contributed by atoms with Crippen LogP contribution in [0.15, 0.2) is 59.5 Å². The van der Waals surface area contributed by atoms with E-state index in [0.29, 0.717) is 12.6 Å². The molecule has 0 radical (unpaired) electrons. The maximum atomic E-state index is 15.2. The number of nitrogens with zero attached hydrogens (tertiary/aromatic N) is 4. The maximum absolute atomic E-state index is 15.2. The van der Waals surface area contributed by atoms with E-state index < -0.39 is 9.84 Å². The Balaban J connectivity index is 1.41. The Bertz CT molecular complexity index is 1590. The molecule has 2 heterocycles. The summed E-state index contributed by atoms with van der Waals surface area (Å²) in [7, 11) is -1.32. The third kappa shape index (κ3) is 5.25. The van der Waals surface area contributed by atoms with Crippen molar-refractivity contribution in [1.82, 2.24) is 19.4 Å². The van der Waals surface area contributed by atoms with Crippen LogP contribution < -0.4 is 0 Å². The molecule has 1 aliphatic heterocycles. The quantitative estimate of drug-likeness (QED) is 0.337. The molecule has 0 atom stereocenters. The zero-order valence-electron chi connectivity index (χ0n) is 22.7. The Morgan fingerprint density at radius 2 is 1.58 bits per heavy atom. The number of aromatic nitrogens is 2. The van der Waals surface area contributed by atoms with E-state index in [1.807, 2.05) is 42.8 Å². The zero-order chi connectivity index (χ0) is 27.2. The van der Waals surface area contributed by atoms with Gasteiger partial charge in [0, 0.05) is 63.2 Å². The fraction of sp³-hybridized carbons (Fsp3) is 0.367. The molecule has 5 rings (SSSR count). The molecular formula is C30H35FN4O2S. The van der Waals surface area contributed by atoms with Crippen molar-refractivity contribution in [2.45, 2.75) is 38.3 Å². The smallest absolute Gasteiger partial charge is 0.175 e.